The van der Waals surface area contributed by atoms with Crippen LogP contribution in [0.25, 0.3) is 0 Å². The zero-order valence-electron chi connectivity index (χ0n) is 9.30. The van der Waals surface area contributed by atoms with Crippen molar-refractivity contribution in [3.8, 4) is 0 Å². The van der Waals surface area contributed by atoms with E-state index in [2.05, 4.69) is 10.1 Å². The average Bonchev–Trinajstić information content (AvgIpc) is 3.05. The van der Waals surface area contributed by atoms with E-state index in [0.29, 0.717) is 11.7 Å². The maximum absolute atomic E-state index is 11.4. The van der Waals surface area contributed by atoms with E-state index in [-0.39, 0.29) is 5.56 Å². The van der Waals surface area contributed by atoms with Crippen LogP contribution < -0.4 is 16.3 Å². The highest BCUT2D eigenvalue weighted by atomic mass is 16.2. The molecule has 0 amide bonds. The Morgan fingerprint density at radius 2 is 2.25 bits per heavy atom. The monoisotopic (exact) mass is 222 g/mol. The molecule has 0 spiro atoms. The maximum Gasteiger partial charge on any atom is 0.329 e. The van der Waals surface area contributed by atoms with Crippen molar-refractivity contribution in [2.45, 2.75) is 12.8 Å². The van der Waals surface area contributed by atoms with Gasteiger partial charge >= 0.3 is 5.69 Å². The molecule has 1 aromatic rings. The van der Waals surface area contributed by atoms with Crippen LogP contribution in [0.1, 0.15) is 12.8 Å². The summed E-state index contributed by atoms with van der Waals surface area (Å²) in [5, 5.41) is 5.66. The standard InChI is InChI=1S/C10H14N4O2/c1-13-9(15)5-8(12-10(13)16)14(2)11-6-7-3-4-7/h5-7H,3-4H2,1-2H3,(H,12,16). The molecule has 1 heterocycles. The quantitative estimate of drug-likeness (QED) is 0.573. The predicted molar refractivity (Wildman–Crippen MR) is 61.9 cm³/mol. The van der Waals surface area contributed by atoms with Gasteiger partial charge in [-0.2, -0.15) is 5.10 Å². The summed E-state index contributed by atoms with van der Waals surface area (Å²) in [4.78, 5) is 25.3. The number of anilines is 1. The molecule has 0 aliphatic heterocycles. The number of hydrazone groups is 1. The molecule has 0 aromatic carbocycles. The minimum Gasteiger partial charge on any atom is -0.292 e. The van der Waals surface area contributed by atoms with Crippen LogP contribution in [0.2, 0.25) is 0 Å². The summed E-state index contributed by atoms with van der Waals surface area (Å²) >= 11 is 0. The third-order valence-electron chi connectivity index (χ3n) is 2.55. The fraction of sp³-hybridized carbons (Fsp3) is 0.500. The van der Waals surface area contributed by atoms with Crippen LogP contribution in [-0.4, -0.2) is 22.8 Å². The second-order valence-electron chi connectivity index (χ2n) is 3.98. The highest BCUT2D eigenvalue weighted by Crippen LogP contribution is 2.26. The first-order chi connectivity index (χ1) is 7.58. The number of nitrogens with one attached hydrogen (secondary N) is 1. The zero-order valence-corrected chi connectivity index (χ0v) is 9.30. The van der Waals surface area contributed by atoms with E-state index in [1.54, 1.807) is 7.05 Å². The van der Waals surface area contributed by atoms with E-state index >= 15 is 0 Å². The van der Waals surface area contributed by atoms with Crippen LogP contribution in [0.15, 0.2) is 20.8 Å². The molecule has 2 rings (SSSR count). The molecule has 1 aliphatic rings. The van der Waals surface area contributed by atoms with Crippen LogP contribution in [0.5, 0.6) is 0 Å². The molecule has 1 saturated carbocycles. The molecule has 1 aromatic heterocycles. The Bertz CT molecular complexity index is 493. The third kappa shape index (κ3) is 2.21. The molecular weight excluding hydrogens is 208 g/mol. The largest absolute Gasteiger partial charge is 0.329 e. The number of hydrogen-bond acceptors (Lipinski definition) is 4. The third-order valence-corrected chi connectivity index (χ3v) is 2.55. The lowest BCUT2D eigenvalue weighted by Gasteiger charge is -2.11. The summed E-state index contributed by atoms with van der Waals surface area (Å²) in [6.07, 6.45) is 4.19. The minimum absolute atomic E-state index is 0.341. The van der Waals surface area contributed by atoms with E-state index in [4.69, 9.17) is 0 Å². The van der Waals surface area contributed by atoms with E-state index in [1.807, 2.05) is 6.21 Å². The van der Waals surface area contributed by atoms with Crippen LogP contribution in [0.3, 0.4) is 0 Å². The van der Waals surface area contributed by atoms with Gasteiger partial charge in [-0.05, 0) is 18.8 Å². The molecule has 6 nitrogen and oxygen atoms in total. The highest BCUT2D eigenvalue weighted by molar-refractivity contribution is 5.65. The van der Waals surface area contributed by atoms with Crippen LogP contribution in [-0.2, 0) is 7.05 Å². The number of H-pyrrole nitrogens is 1. The predicted octanol–water partition coefficient (Wildman–Crippen LogP) is -0.0944. The van der Waals surface area contributed by atoms with Crippen LogP contribution in [0, 0.1) is 5.92 Å². The Balaban J connectivity index is 2.25. The molecule has 0 atom stereocenters. The van der Waals surface area contributed by atoms with Crippen molar-refractivity contribution in [3.63, 3.8) is 0 Å². The second kappa shape index (κ2) is 3.96. The summed E-state index contributed by atoms with van der Waals surface area (Å²) in [6.45, 7) is 0. The van der Waals surface area contributed by atoms with E-state index < -0.39 is 5.69 Å². The second-order valence-corrected chi connectivity index (χ2v) is 3.98. The van der Waals surface area contributed by atoms with Gasteiger partial charge in [0.05, 0.1) is 0 Å². The Morgan fingerprint density at radius 1 is 1.56 bits per heavy atom. The van der Waals surface area contributed by atoms with Gasteiger partial charge in [0.2, 0.25) is 0 Å². The Morgan fingerprint density at radius 3 is 2.81 bits per heavy atom. The first kappa shape index (κ1) is 10.7. The van der Waals surface area contributed by atoms with Gasteiger partial charge in [0.1, 0.15) is 5.82 Å². The van der Waals surface area contributed by atoms with Crippen LogP contribution in [0.4, 0.5) is 5.82 Å². The summed E-state index contributed by atoms with van der Waals surface area (Å²) < 4.78 is 1.02. The summed E-state index contributed by atoms with van der Waals surface area (Å²) in [5.41, 5.74) is -0.775. The topological polar surface area (TPSA) is 70.5 Å². The molecule has 1 fully saturated rings. The van der Waals surface area contributed by atoms with Crippen molar-refractivity contribution in [2.24, 2.45) is 18.1 Å². The zero-order chi connectivity index (χ0) is 11.7. The smallest absolute Gasteiger partial charge is 0.292 e. The first-order valence-electron chi connectivity index (χ1n) is 5.16. The number of nitrogens with zero attached hydrogens (tertiary/aromatic N) is 3. The first-order valence-corrected chi connectivity index (χ1v) is 5.16. The Hall–Kier alpha value is -1.85. The van der Waals surface area contributed by atoms with Crippen molar-refractivity contribution in [2.75, 3.05) is 12.1 Å². The van der Waals surface area contributed by atoms with Crippen molar-refractivity contribution >= 4 is 12.0 Å². The Labute approximate surface area is 92.2 Å². The summed E-state index contributed by atoms with van der Waals surface area (Å²) in [7, 11) is 3.13. The molecule has 86 valence electrons. The van der Waals surface area contributed by atoms with Gasteiger partial charge in [0.15, 0.2) is 0 Å². The van der Waals surface area contributed by atoms with E-state index in [0.717, 1.165) is 4.57 Å². The van der Waals surface area contributed by atoms with E-state index in [9.17, 15) is 9.59 Å². The molecule has 0 bridgehead atoms. The van der Waals surface area contributed by atoms with Crippen molar-refractivity contribution in [1.82, 2.24) is 9.55 Å². The van der Waals surface area contributed by atoms with Crippen LogP contribution >= 0.6 is 0 Å². The normalized spacial score (nSPS) is 15.6. The molecule has 16 heavy (non-hydrogen) atoms. The number of aromatic nitrogens is 2. The van der Waals surface area contributed by atoms with E-state index in [1.165, 1.54) is 31.0 Å². The molecule has 6 heteroatoms. The van der Waals surface area contributed by atoms with Crippen molar-refractivity contribution in [1.29, 1.82) is 0 Å². The number of aromatic amines is 1. The Kier molecular flexibility index (Phi) is 2.64. The summed E-state index contributed by atoms with van der Waals surface area (Å²) in [5.74, 6) is 0.964. The van der Waals surface area contributed by atoms with Gasteiger partial charge in [-0.1, -0.05) is 0 Å². The van der Waals surface area contributed by atoms with Crippen molar-refractivity contribution in [3.05, 3.63) is 26.9 Å². The fourth-order valence-electron chi connectivity index (χ4n) is 1.22. The van der Waals surface area contributed by atoms with Crippen molar-refractivity contribution < 1.29 is 0 Å². The highest BCUT2D eigenvalue weighted by Gasteiger charge is 2.18. The van der Waals surface area contributed by atoms with Gasteiger partial charge in [0, 0.05) is 26.4 Å². The molecule has 0 unspecified atom stereocenters. The van der Waals surface area contributed by atoms with Gasteiger partial charge in [-0.25, -0.2) is 4.79 Å². The molecule has 0 radical (unpaired) electrons. The van der Waals surface area contributed by atoms with Gasteiger partial charge in [0.25, 0.3) is 5.56 Å². The maximum atomic E-state index is 11.4. The number of rotatable bonds is 3. The average molecular weight is 222 g/mol. The van der Waals surface area contributed by atoms with Gasteiger partial charge in [-0.15, -0.1) is 0 Å². The lowest BCUT2D eigenvalue weighted by molar-refractivity contribution is 0.766. The molecular formula is C10H14N4O2. The fourth-order valence-corrected chi connectivity index (χ4v) is 1.22. The molecule has 1 N–H and O–H groups in total. The minimum atomic E-state index is -0.434. The molecule has 1 aliphatic carbocycles. The SMILES string of the molecule is CN(N=CC1CC1)c1cc(=O)n(C)c(=O)[nH]1. The van der Waals surface area contributed by atoms with Gasteiger partial charge < -0.3 is 0 Å². The lowest BCUT2D eigenvalue weighted by atomic mass is 10.5. The lowest BCUT2D eigenvalue weighted by Crippen LogP contribution is -2.33. The van der Waals surface area contributed by atoms with Gasteiger partial charge in [-0.3, -0.25) is 19.4 Å². The number of hydrogen-bond donors (Lipinski definition) is 1. The molecule has 0 saturated heterocycles. The summed E-state index contributed by atoms with van der Waals surface area (Å²) in [6, 6.07) is 1.35.